The summed E-state index contributed by atoms with van der Waals surface area (Å²) >= 11 is 0. The minimum atomic E-state index is -5.06. The van der Waals surface area contributed by atoms with Crippen molar-refractivity contribution in [2.24, 2.45) is 5.16 Å². The Hall–Kier alpha value is -3.56. The van der Waals surface area contributed by atoms with Crippen LogP contribution in [0.25, 0.3) is 11.1 Å². The summed E-state index contributed by atoms with van der Waals surface area (Å²) in [6.45, 7) is 0. The van der Waals surface area contributed by atoms with Gasteiger partial charge in [-0.15, -0.1) is 0 Å². The number of halogens is 7. The van der Waals surface area contributed by atoms with E-state index in [0.29, 0.717) is 23.3 Å². The van der Waals surface area contributed by atoms with Gasteiger partial charge in [0.15, 0.2) is 0 Å². The number of rotatable bonds is 4. The highest BCUT2D eigenvalue weighted by atomic mass is 19.4. The fraction of sp³-hybridized carbons (Fsp3) is 0.136. The lowest BCUT2D eigenvalue weighted by atomic mass is 9.93. The van der Waals surface area contributed by atoms with Crippen LogP contribution in [-0.2, 0) is 18.8 Å². The normalized spacial score (nSPS) is 12.5. The van der Waals surface area contributed by atoms with E-state index in [4.69, 9.17) is 5.21 Å². The molecule has 0 fully saturated rings. The molecule has 0 aromatic heterocycles. The molecule has 0 aliphatic rings. The van der Waals surface area contributed by atoms with Crippen LogP contribution in [0.4, 0.5) is 30.7 Å². The van der Waals surface area contributed by atoms with Gasteiger partial charge < -0.3 is 10.3 Å². The molecular weight excluding hydrogens is 443 g/mol. The molecule has 0 amide bonds. The van der Waals surface area contributed by atoms with Crippen molar-refractivity contribution in [1.82, 2.24) is 0 Å². The van der Waals surface area contributed by atoms with Crippen molar-refractivity contribution in [1.29, 1.82) is 0 Å². The van der Waals surface area contributed by atoms with Gasteiger partial charge in [-0.1, -0.05) is 17.3 Å². The first kappa shape index (κ1) is 23.1. The van der Waals surface area contributed by atoms with Gasteiger partial charge in [0.2, 0.25) is 0 Å². The van der Waals surface area contributed by atoms with Crippen molar-refractivity contribution in [3.8, 4) is 16.9 Å². The van der Waals surface area contributed by atoms with Crippen LogP contribution >= 0.6 is 0 Å². The first-order valence-corrected chi connectivity index (χ1v) is 8.96. The van der Waals surface area contributed by atoms with E-state index in [2.05, 4.69) is 5.16 Å². The highest BCUT2D eigenvalue weighted by molar-refractivity contribution is 5.89. The molecule has 0 saturated carbocycles. The van der Waals surface area contributed by atoms with Gasteiger partial charge in [0, 0.05) is 11.1 Å². The maximum Gasteiger partial charge on any atom is 0.416 e. The van der Waals surface area contributed by atoms with Crippen LogP contribution in [0.2, 0.25) is 0 Å². The summed E-state index contributed by atoms with van der Waals surface area (Å²) in [6.07, 6.45) is -9.21. The predicted octanol–water partition coefficient (Wildman–Crippen LogP) is 6.63. The number of phenolic OH excluding ortho intramolecular Hbond substituents is 1. The summed E-state index contributed by atoms with van der Waals surface area (Å²) in [7, 11) is 0. The molecule has 0 heterocycles. The Morgan fingerprint density at radius 3 is 1.84 bits per heavy atom. The van der Waals surface area contributed by atoms with E-state index in [0.717, 1.165) is 6.21 Å². The number of oxime groups is 1. The lowest BCUT2D eigenvalue weighted by molar-refractivity contribution is -0.143. The van der Waals surface area contributed by atoms with E-state index in [9.17, 15) is 35.8 Å². The molecule has 0 radical (unpaired) electrons. The number of aromatic hydroxyl groups is 1. The van der Waals surface area contributed by atoms with E-state index in [1.54, 1.807) is 0 Å². The molecule has 0 atom stereocenters. The maximum atomic E-state index is 13.2. The van der Waals surface area contributed by atoms with Gasteiger partial charge >= 0.3 is 12.4 Å². The van der Waals surface area contributed by atoms with Crippen molar-refractivity contribution in [3.05, 3.63) is 88.2 Å². The van der Waals surface area contributed by atoms with Gasteiger partial charge in [0.25, 0.3) is 0 Å². The SMILES string of the molecule is ON=Cc1cc(Cc2ccc(F)cc2)cc(-c2cc(C(F)(F)F)cc(C(F)(F)F)c2)c1O. The Morgan fingerprint density at radius 1 is 0.781 bits per heavy atom. The quantitative estimate of drug-likeness (QED) is 0.200. The zero-order chi connectivity index (χ0) is 23.7. The van der Waals surface area contributed by atoms with E-state index >= 15 is 0 Å². The largest absolute Gasteiger partial charge is 0.507 e. The van der Waals surface area contributed by atoms with Gasteiger partial charge in [-0.2, -0.15) is 26.3 Å². The van der Waals surface area contributed by atoms with Gasteiger partial charge in [-0.3, -0.25) is 0 Å². The molecule has 0 unspecified atom stereocenters. The number of nitrogens with zero attached hydrogens (tertiary/aromatic N) is 1. The Balaban J connectivity index is 2.21. The lowest BCUT2D eigenvalue weighted by Crippen LogP contribution is -2.11. The molecule has 3 nitrogen and oxygen atoms in total. The number of phenols is 1. The molecule has 0 spiro atoms. The monoisotopic (exact) mass is 457 g/mol. The topological polar surface area (TPSA) is 52.8 Å². The molecule has 168 valence electrons. The second kappa shape index (κ2) is 8.52. The molecule has 0 aliphatic carbocycles. The Kier molecular flexibility index (Phi) is 6.16. The number of benzene rings is 3. The van der Waals surface area contributed by atoms with E-state index in [1.807, 2.05) is 0 Å². The van der Waals surface area contributed by atoms with E-state index in [1.165, 1.54) is 36.4 Å². The lowest BCUT2D eigenvalue weighted by Gasteiger charge is -2.16. The number of alkyl halides is 6. The molecule has 32 heavy (non-hydrogen) atoms. The standard InChI is InChI=1S/C22H14F7NO2/c23-18-3-1-12(2-4-18)5-13-6-15(11-30-32)20(31)19(7-13)14-8-16(21(24,25)26)10-17(9-14)22(27,28)29/h1-4,6-11,31-32H,5H2. The second-order valence-corrected chi connectivity index (χ2v) is 6.92. The van der Waals surface area contributed by atoms with Crippen LogP contribution in [0.5, 0.6) is 5.75 Å². The van der Waals surface area contributed by atoms with Crippen molar-refractivity contribution in [3.63, 3.8) is 0 Å². The third-order valence-corrected chi connectivity index (χ3v) is 4.62. The van der Waals surface area contributed by atoms with Crippen LogP contribution in [0, 0.1) is 5.82 Å². The maximum absolute atomic E-state index is 13.2. The molecule has 3 rings (SSSR count). The summed E-state index contributed by atoms with van der Waals surface area (Å²) in [5.41, 5.74) is -3.10. The van der Waals surface area contributed by atoms with Gasteiger partial charge in [-0.25, -0.2) is 4.39 Å². The van der Waals surface area contributed by atoms with E-state index < -0.39 is 40.6 Å². The average molecular weight is 457 g/mol. The second-order valence-electron chi connectivity index (χ2n) is 6.92. The summed E-state index contributed by atoms with van der Waals surface area (Å²) < 4.78 is 92.6. The molecule has 3 aromatic carbocycles. The van der Waals surface area contributed by atoms with Crippen molar-refractivity contribution < 1.29 is 41.0 Å². The van der Waals surface area contributed by atoms with Crippen LogP contribution in [0.15, 0.2) is 59.8 Å². The van der Waals surface area contributed by atoms with Crippen molar-refractivity contribution in [2.45, 2.75) is 18.8 Å². The van der Waals surface area contributed by atoms with Gasteiger partial charge in [-0.05, 0) is 65.6 Å². The highest BCUT2D eigenvalue weighted by Crippen LogP contribution is 2.41. The van der Waals surface area contributed by atoms with E-state index in [-0.39, 0.29) is 23.6 Å². The zero-order valence-corrected chi connectivity index (χ0v) is 16.0. The predicted molar refractivity (Wildman–Crippen MR) is 102 cm³/mol. The summed E-state index contributed by atoms with van der Waals surface area (Å²) in [5.74, 6) is -1.16. The fourth-order valence-corrected chi connectivity index (χ4v) is 3.15. The van der Waals surface area contributed by atoms with Gasteiger partial charge in [0.1, 0.15) is 11.6 Å². The number of hydrogen-bond donors (Lipinski definition) is 2. The molecule has 0 saturated heterocycles. The van der Waals surface area contributed by atoms with Crippen molar-refractivity contribution in [2.75, 3.05) is 0 Å². The minimum Gasteiger partial charge on any atom is -0.507 e. The zero-order valence-electron chi connectivity index (χ0n) is 16.0. The highest BCUT2D eigenvalue weighted by Gasteiger charge is 2.37. The summed E-state index contributed by atoms with van der Waals surface area (Å²) in [6, 6.07) is 8.83. The summed E-state index contributed by atoms with van der Waals surface area (Å²) in [4.78, 5) is 0. The molecular formula is C22H14F7NO2. The Morgan fingerprint density at radius 2 is 1.34 bits per heavy atom. The fourth-order valence-electron chi connectivity index (χ4n) is 3.15. The minimum absolute atomic E-state index is 0.0149. The molecule has 10 heteroatoms. The molecule has 0 bridgehead atoms. The Bertz CT molecular complexity index is 1120. The van der Waals surface area contributed by atoms with Crippen LogP contribution in [-0.4, -0.2) is 16.5 Å². The third kappa shape index (κ3) is 5.19. The Labute approximate surface area is 177 Å². The average Bonchev–Trinajstić information content (AvgIpc) is 2.70. The van der Waals surface area contributed by atoms with Crippen LogP contribution < -0.4 is 0 Å². The summed E-state index contributed by atoms with van der Waals surface area (Å²) in [5, 5.41) is 22.1. The van der Waals surface area contributed by atoms with Crippen molar-refractivity contribution >= 4 is 6.21 Å². The smallest absolute Gasteiger partial charge is 0.416 e. The first-order chi connectivity index (χ1) is 14.9. The number of hydrogen-bond acceptors (Lipinski definition) is 3. The van der Waals surface area contributed by atoms with Crippen LogP contribution in [0.1, 0.15) is 27.8 Å². The first-order valence-electron chi connectivity index (χ1n) is 8.96. The molecule has 2 N–H and O–H groups in total. The molecule has 3 aromatic rings. The molecule has 0 aliphatic heterocycles. The van der Waals surface area contributed by atoms with Gasteiger partial charge in [0.05, 0.1) is 17.3 Å². The third-order valence-electron chi connectivity index (χ3n) is 4.62. The van der Waals surface area contributed by atoms with Crippen LogP contribution in [0.3, 0.4) is 0 Å².